The number of carbonyl (C=O) groups excluding carboxylic acids is 1. The Morgan fingerprint density at radius 3 is 2.69 bits per heavy atom. The Morgan fingerprint density at radius 2 is 2.00 bits per heavy atom. The summed E-state index contributed by atoms with van der Waals surface area (Å²) < 4.78 is 26.7. The predicted molar refractivity (Wildman–Crippen MR) is 132 cm³/mol. The molecule has 36 heavy (non-hydrogen) atoms. The predicted octanol–water partition coefficient (Wildman–Crippen LogP) is 2.44. The van der Waals surface area contributed by atoms with Crippen LogP contribution in [0.15, 0.2) is 35.4 Å². The summed E-state index contributed by atoms with van der Waals surface area (Å²) in [6.45, 7) is 6.22. The maximum atomic E-state index is 14.8. The van der Waals surface area contributed by atoms with Crippen molar-refractivity contribution in [1.29, 1.82) is 0 Å². The zero-order valence-corrected chi connectivity index (χ0v) is 20.4. The molecule has 5 rings (SSSR count). The van der Waals surface area contributed by atoms with Gasteiger partial charge in [-0.3, -0.25) is 14.2 Å². The maximum absolute atomic E-state index is 14.8. The Bertz CT molecular complexity index is 1370. The molecule has 3 heterocycles. The molecule has 0 saturated carbocycles. The van der Waals surface area contributed by atoms with Crippen LogP contribution in [0.4, 0.5) is 4.39 Å². The van der Waals surface area contributed by atoms with E-state index in [1.165, 1.54) is 23.0 Å². The van der Waals surface area contributed by atoms with E-state index in [1.54, 1.807) is 6.07 Å². The number of aryl methyl sites for hydroxylation is 1. The largest absolute Gasteiger partial charge is 0.389 e. The quantitative estimate of drug-likeness (QED) is 0.545. The van der Waals surface area contributed by atoms with Gasteiger partial charge in [-0.2, -0.15) is 0 Å². The normalized spacial score (nSPS) is 20.3. The molecular formula is C27H30FN3O5. The van der Waals surface area contributed by atoms with Crippen molar-refractivity contribution in [2.24, 2.45) is 5.92 Å². The van der Waals surface area contributed by atoms with E-state index < -0.39 is 23.9 Å². The van der Waals surface area contributed by atoms with Crippen molar-refractivity contribution in [1.82, 2.24) is 14.9 Å². The van der Waals surface area contributed by atoms with Crippen LogP contribution < -0.4 is 10.9 Å². The molecule has 2 aliphatic heterocycles. The van der Waals surface area contributed by atoms with Gasteiger partial charge in [-0.15, -0.1) is 0 Å². The summed E-state index contributed by atoms with van der Waals surface area (Å²) in [5.41, 5.74) is 3.85. The number of amides is 1. The molecule has 190 valence electrons. The zero-order valence-electron chi connectivity index (χ0n) is 20.4. The van der Waals surface area contributed by atoms with Crippen molar-refractivity contribution in [2.75, 3.05) is 33.0 Å². The minimum absolute atomic E-state index is 0.00695. The second kappa shape index (κ2) is 10.1. The number of fused-ring (bicyclic) bond motifs is 1. The summed E-state index contributed by atoms with van der Waals surface area (Å²) in [6, 6.07) is 6.04. The molecule has 8 nitrogen and oxygen atoms in total. The Morgan fingerprint density at radius 1 is 1.19 bits per heavy atom. The van der Waals surface area contributed by atoms with E-state index in [0.29, 0.717) is 55.7 Å². The molecule has 0 aliphatic carbocycles. The van der Waals surface area contributed by atoms with E-state index in [4.69, 9.17) is 9.47 Å². The number of halogens is 1. The van der Waals surface area contributed by atoms with Crippen molar-refractivity contribution in [3.05, 3.63) is 74.6 Å². The number of hydrogen-bond acceptors (Lipinski definition) is 6. The van der Waals surface area contributed by atoms with Gasteiger partial charge in [0.05, 0.1) is 54.8 Å². The lowest BCUT2D eigenvalue weighted by molar-refractivity contribution is -0.0395. The monoisotopic (exact) mass is 495 g/mol. The third kappa shape index (κ3) is 4.66. The fraction of sp³-hybridized carbons (Fsp3) is 0.444. The maximum Gasteiger partial charge on any atom is 0.261 e. The average molecular weight is 496 g/mol. The molecule has 0 unspecified atom stereocenters. The molecule has 0 bridgehead atoms. The highest BCUT2D eigenvalue weighted by molar-refractivity contribution is 5.94. The first-order valence-corrected chi connectivity index (χ1v) is 12.2. The lowest BCUT2D eigenvalue weighted by Gasteiger charge is -2.29. The Labute approximate surface area is 208 Å². The van der Waals surface area contributed by atoms with E-state index in [-0.39, 0.29) is 23.6 Å². The van der Waals surface area contributed by atoms with Crippen LogP contribution in [-0.4, -0.2) is 59.6 Å². The van der Waals surface area contributed by atoms with Gasteiger partial charge in [0.1, 0.15) is 5.82 Å². The molecular weight excluding hydrogens is 465 g/mol. The molecule has 2 aromatic carbocycles. The van der Waals surface area contributed by atoms with Crippen LogP contribution in [-0.2, 0) is 15.9 Å². The molecule has 2 fully saturated rings. The first kappa shape index (κ1) is 24.5. The van der Waals surface area contributed by atoms with Gasteiger partial charge >= 0.3 is 0 Å². The molecule has 2 saturated heterocycles. The van der Waals surface area contributed by atoms with E-state index in [0.717, 1.165) is 16.7 Å². The summed E-state index contributed by atoms with van der Waals surface area (Å²) in [7, 11) is 0. The highest BCUT2D eigenvalue weighted by Gasteiger charge is 2.27. The highest BCUT2D eigenvalue weighted by atomic mass is 19.1. The van der Waals surface area contributed by atoms with Gasteiger partial charge in [-0.1, -0.05) is 6.07 Å². The van der Waals surface area contributed by atoms with Gasteiger partial charge in [0.25, 0.3) is 11.5 Å². The lowest BCUT2D eigenvalue weighted by Crippen LogP contribution is -2.39. The fourth-order valence-electron chi connectivity index (χ4n) is 4.88. The number of ether oxygens (including phenoxy) is 2. The Kier molecular flexibility index (Phi) is 6.87. The number of carbonyl (C=O) groups is 1. The smallest absolute Gasteiger partial charge is 0.261 e. The third-order valence-electron chi connectivity index (χ3n) is 7.33. The highest BCUT2D eigenvalue weighted by Crippen LogP contribution is 2.26. The Hall–Kier alpha value is -3.14. The second-order valence-corrected chi connectivity index (χ2v) is 9.74. The van der Waals surface area contributed by atoms with Crippen LogP contribution in [0.3, 0.4) is 0 Å². The summed E-state index contributed by atoms with van der Waals surface area (Å²) in [5.74, 6) is -0.739. The Balaban J connectivity index is 1.42. The molecule has 2 aliphatic rings. The van der Waals surface area contributed by atoms with Crippen molar-refractivity contribution in [2.45, 2.75) is 38.8 Å². The number of hydrogen-bond donors (Lipinski definition) is 2. The molecule has 9 heteroatoms. The standard InChI is InChI=1S/C27H30FN3O5/c1-15-16(2)25-21(27(34)31(14-30-25)23-5-6-35-13-24(23)32)9-19(15)7-17-3-4-20(22(28)8-17)26(33)29-10-18-11-36-12-18/h3-4,8-9,14,18,23-24,32H,5-7,10-13H2,1-2H3,(H,29,33)/t23-,24-/m0/s1. The van der Waals surface area contributed by atoms with Crippen LogP contribution in [0.1, 0.15) is 45.1 Å². The van der Waals surface area contributed by atoms with Crippen molar-refractivity contribution < 1.29 is 23.8 Å². The molecule has 2 atom stereocenters. The number of aliphatic hydroxyl groups excluding tert-OH is 1. The molecule has 1 amide bonds. The van der Waals surface area contributed by atoms with Crippen LogP contribution in [0.25, 0.3) is 10.9 Å². The number of rotatable bonds is 6. The van der Waals surface area contributed by atoms with Crippen molar-refractivity contribution in [3.63, 3.8) is 0 Å². The van der Waals surface area contributed by atoms with Gasteiger partial charge in [0, 0.05) is 19.1 Å². The van der Waals surface area contributed by atoms with Crippen LogP contribution >= 0.6 is 0 Å². The molecule has 1 aromatic heterocycles. The first-order valence-electron chi connectivity index (χ1n) is 12.2. The zero-order chi connectivity index (χ0) is 25.4. The van der Waals surface area contributed by atoms with Gasteiger partial charge < -0.3 is 19.9 Å². The minimum atomic E-state index is -0.776. The minimum Gasteiger partial charge on any atom is -0.389 e. The lowest BCUT2D eigenvalue weighted by atomic mass is 9.94. The van der Waals surface area contributed by atoms with Crippen LogP contribution in [0, 0.1) is 25.6 Å². The topological polar surface area (TPSA) is 103 Å². The summed E-state index contributed by atoms with van der Waals surface area (Å²) in [4.78, 5) is 30.3. The first-order chi connectivity index (χ1) is 17.3. The van der Waals surface area contributed by atoms with Gasteiger partial charge in [0.2, 0.25) is 0 Å². The third-order valence-corrected chi connectivity index (χ3v) is 7.33. The number of nitrogens with one attached hydrogen (secondary N) is 1. The van der Waals surface area contributed by atoms with Crippen molar-refractivity contribution in [3.8, 4) is 0 Å². The SMILES string of the molecule is Cc1c(Cc2ccc(C(=O)NCC3COC3)c(F)c2)cc2c(=O)n([C@H]3CCOC[C@@H]3O)cnc2c1C. The van der Waals surface area contributed by atoms with Crippen LogP contribution in [0.5, 0.6) is 0 Å². The summed E-state index contributed by atoms with van der Waals surface area (Å²) in [5, 5.41) is 13.6. The summed E-state index contributed by atoms with van der Waals surface area (Å²) in [6.07, 6.45) is 1.66. The van der Waals surface area contributed by atoms with E-state index in [2.05, 4.69) is 10.3 Å². The van der Waals surface area contributed by atoms with Crippen molar-refractivity contribution >= 4 is 16.8 Å². The summed E-state index contributed by atoms with van der Waals surface area (Å²) >= 11 is 0. The number of aromatic nitrogens is 2. The molecule has 3 aromatic rings. The second-order valence-electron chi connectivity index (χ2n) is 9.74. The number of aliphatic hydroxyl groups is 1. The average Bonchev–Trinajstić information content (AvgIpc) is 2.82. The number of nitrogens with zero attached hydrogens (tertiary/aromatic N) is 2. The van der Waals surface area contributed by atoms with Crippen LogP contribution in [0.2, 0.25) is 0 Å². The van der Waals surface area contributed by atoms with Gasteiger partial charge in [-0.05, 0) is 67.1 Å². The molecule has 0 radical (unpaired) electrons. The fourth-order valence-corrected chi connectivity index (χ4v) is 4.88. The number of benzene rings is 2. The molecule has 0 spiro atoms. The van der Waals surface area contributed by atoms with E-state index >= 15 is 0 Å². The van der Waals surface area contributed by atoms with Gasteiger partial charge in [0.15, 0.2) is 0 Å². The van der Waals surface area contributed by atoms with E-state index in [1.807, 2.05) is 19.9 Å². The molecule has 2 N–H and O–H groups in total. The van der Waals surface area contributed by atoms with E-state index in [9.17, 15) is 19.1 Å². The van der Waals surface area contributed by atoms with Gasteiger partial charge in [-0.25, -0.2) is 9.37 Å².